The van der Waals surface area contributed by atoms with Gasteiger partial charge in [0.25, 0.3) is 0 Å². The summed E-state index contributed by atoms with van der Waals surface area (Å²) in [5, 5.41) is 4.73. The van der Waals surface area contributed by atoms with Gasteiger partial charge in [-0.2, -0.15) is 0 Å². The van der Waals surface area contributed by atoms with E-state index >= 15 is 0 Å². The molecule has 0 radical (unpaired) electrons. The van der Waals surface area contributed by atoms with Crippen LogP contribution in [0.15, 0.2) is 12.5 Å². The topological polar surface area (TPSA) is 113 Å². The Morgan fingerprint density at radius 2 is 2.39 bits per heavy atom. The van der Waals surface area contributed by atoms with E-state index in [0.29, 0.717) is 12.1 Å². The molecule has 98 valence electrons. The Kier molecular flexibility index (Phi) is 5.36. The summed E-state index contributed by atoms with van der Waals surface area (Å²) in [5.74, 6) is -1.03. The number of nitrogens with zero attached hydrogens (tertiary/aromatic N) is 1. The molecule has 0 aliphatic carbocycles. The Hall–Kier alpha value is -2.38. The monoisotopic (exact) mass is 254 g/mol. The number of H-pyrrole nitrogens is 1. The first kappa shape index (κ1) is 13.7. The normalized spacial score (nSPS) is 11.4. The molecule has 0 saturated carbocycles. The highest BCUT2D eigenvalue weighted by Crippen LogP contribution is 1.98. The first-order valence-electron chi connectivity index (χ1n) is 5.19. The lowest BCUT2D eigenvalue weighted by Crippen LogP contribution is -2.46. The molecule has 8 nitrogen and oxygen atoms in total. The smallest absolute Gasteiger partial charge is 0.325 e. The summed E-state index contributed by atoms with van der Waals surface area (Å²) in [4.78, 5) is 39.6. The molecular weight excluding hydrogens is 240 g/mol. The first-order valence-corrected chi connectivity index (χ1v) is 5.19. The summed E-state index contributed by atoms with van der Waals surface area (Å²) in [5.41, 5.74) is 0.697. The lowest BCUT2D eigenvalue weighted by atomic mass is 10.1. The van der Waals surface area contributed by atoms with Crippen molar-refractivity contribution in [2.75, 3.05) is 13.7 Å². The SMILES string of the molecule is COC(=O)CNC(=O)C(Cc1cnc[nH]1)NC=O. The number of hydrogen-bond acceptors (Lipinski definition) is 5. The van der Waals surface area contributed by atoms with E-state index in [4.69, 9.17) is 0 Å². The molecule has 0 aliphatic heterocycles. The minimum atomic E-state index is -0.771. The summed E-state index contributed by atoms with van der Waals surface area (Å²) >= 11 is 0. The number of nitrogens with one attached hydrogen (secondary N) is 3. The number of aromatic nitrogens is 2. The molecule has 0 saturated heterocycles. The number of imidazole rings is 1. The number of carbonyl (C=O) groups excluding carboxylic acids is 3. The predicted octanol–water partition coefficient (Wildman–Crippen LogP) is -1.64. The van der Waals surface area contributed by atoms with Crippen LogP contribution in [0.25, 0.3) is 0 Å². The molecule has 1 rings (SSSR count). The van der Waals surface area contributed by atoms with Gasteiger partial charge in [0, 0.05) is 18.3 Å². The zero-order chi connectivity index (χ0) is 13.4. The molecule has 3 N–H and O–H groups in total. The summed E-state index contributed by atoms with van der Waals surface area (Å²) < 4.78 is 4.39. The zero-order valence-corrected chi connectivity index (χ0v) is 9.80. The van der Waals surface area contributed by atoms with E-state index in [1.54, 1.807) is 6.20 Å². The summed E-state index contributed by atoms with van der Waals surface area (Å²) in [7, 11) is 1.22. The lowest BCUT2D eigenvalue weighted by molar-refractivity contribution is -0.141. The Morgan fingerprint density at radius 1 is 1.61 bits per heavy atom. The number of aromatic amines is 1. The van der Waals surface area contributed by atoms with Crippen molar-refractivity contribution >= 4 is 18.3 Å². The summed E-state index contributed by atoms with van der Waals surface area (Å²) in [6.45, 7) is -0.241. The van der Waals surface area contributed by atoms with Gasteiger partial charge in [-0.05, 0) is 0 Å². The van der Waals surface area contributed by atoms with Crippen molar-refractivity contribution in [2.45, 2.75) is 12.5 Å². The second kappa shape index (κ2) is 7.05. The average Bonchev–Trinajstić information content (AvgIpc) is 2.87. The minimum absolute atomic E-state index is 0.241. The lowest BCUT2D eigenvalue weighted by Gasteiger charge is -2.14. The van der Waals surface area contributed by atoms with Gasteiger partial charge in [0.2, 0.25) is 12.3 Å². The van der Waals surface area contributed by atoms with Crippen LogP contribution in [0.4, 0.5) is 0 Å². The van der Waals surface area contributed by atoms with Crippen molar-refractivity contribution in [3.8, 4) is 0 Å². The van der Waals surface area contributed by atoms with Gasteiger partial charge >= 0.3 is 5.97 Å². The fourth-order valence-electron chi connectivity index (χ4n) is 1.28. The zero-order valence-electron chi connectivity index (χ0n) is 9.80. The Morgan fingerprint density at radius 3 is 2.94 bits per heavy atom. The Bertz CT molecular complexity index is 404. The van der Waals surface area contributed by atoms with Crippen LogP contribution in [0.3, 0.4) is 0 Å². The van der Waals surface area contributed by atoms with Gasteiger partial charge < -0.3 is 20.4 Å². The Labute approximate surface area is 103 Å². The molecule has 1 aromatic heterocycles. The number of ether oxygens (including phenoxy) is 1. The molecule has 0 fully saturated rings. The van der Waals surface area contributed by atoms with E-state index in [0.717, 1.165) is 0 Å². The number of esters is 1. The average molecular weight is 254 g/mol. The standard InChI is InChI=1S/C10H14N4O4/c1-18-9(16)4-12-10(17)8(14-6-15)2-7-3-11-5-13-7/h3,5-6,8H,2,4H2,1H3,(H,11,13)(H,12,17)(H,14,15). The molecule has 1 unspecified atom stereocenters. The van der Waals surface area contributed by atoms with Gasteiger partial charge in [-0.3, -0.25) is 14.4 Å². The third kappa shape index (κ3) is 4.24. The molecular formula is C10H14N4O4. The molecule has 18 heavy (non-hydrogen) atoms. The van der Waals surface area contributed by atoms with E-state index in [1.165, 1.54) is 13.4 Å². The van der Waals surface area contributed by atoms with Crippen molar-refractivity contribution in [3.63, 3.8) is 0 Å². The highest BCUT2D eigenvalue weighted by atomic mass is 16.5. The van der Waals surface area contributed by atoms with Crippen LogP contribution in [-0.2, 0) is 25.5 Å². The molecule has 1 aromatic rings. The van der Waals surface area contributed by atoms with Gasteiger partial charge in [0.1, 0.15) is 12.6 Å². The minimum Gasteiger partial charge on any atom is -0.468 e. The van der Waals surface area contributed by atoms with E-state index < -0.39 is 17.9 Å². The summed E-state index contributed by atoms with van der Waals surface area (Å²) in [6, 6.07) is -0.771. The molecule has 1 heterocycles. The maximum Gasteiger partial charge on any atom is 0.325 e. The first-order chi connectivity index (χ1) is 8.67. The quantitative estimate of drug-likeness (QED) is 0.399. The Balaban J connectivity index is 2.52. The third-order valence-electron chi connectivity index (χ3n) is 2.20. The summed E-state index contributed by atoms with van der Waals surface area (Å²) in [6.07, 6.45) is 3.71. The number of hydrogen-bond donors (Lipinski definition) is 3. The second-order valence-electron chi connectivity index (χ2n) is 3.41. The molecule has 0 aromatic carbocycles. The second-order valence-corrected chi connectivity index (χ2v) is 3.41. The molecule has 0 bridgehead atoms. The van der Waals surface area contributed by atoms with Crippen LogP contribution in [0.5, 0.6) is 0 Å². The van der Waals surface area contributed by atoms with E-state index in [9.17, 15) is 14.4 Å². The van der Waals surface area contributed by atoms with Crippen LogP contribution in [0.1, 0.15) is 5.69 Å². The van der Waals surface area contributed by atoms with Crippen LogP contribution < -0.4 is 10.6 Å². The van der Waals surface area contributed by atoms with Crippen LogP contribution in [0, 0.1) is 0 Å². The highest BCUT2D eigenvalue weighted by molar-refractivity contribution is 5.87. The number of carbonyl (C=O) groups is 3. The number of rotatable bonds is 7. The van der Waals surface area contributed by atoms with E-state index in [2.05, 4.69) is 25.3 Å². The fraction of sp³-hybridized carbons (Fsp3) is 0.400. The molecule has 1 atom stereocenters. The maximum absolute atomic E-state index is 11.7. The van der Waals surface area contributed by atoms with E-state index in [1.807, 2.05) is 0 Å². The van der Waals surface area contributed by atoms with Crippen molar-refractivity contribution in [2.24, 2.45) is 0 Å². The molecule has 0 spiro atoms. The highest BCUT2D eigenvalue weighted by Gasteiger charge is 2.19. The van der Waals surface area contributed by atoms with Gasteiger partial charge in [0.15, 0.2) is 0 Å². The van der Waals surface area contributed by atoms with Crippen LogP contribution in [-0.4, -0.2) is 48.0 Å². The predicted molar refractivity (Wildman–Crippen MR) is 60.3 cm³/mol. The third-order valence-corrected chi connectivity index (χ3v) is 2.20. The van der Waals surface area contributed by atoms with Gasteiger partial charge in [-0.25, -0.2) is 4.98 Å². The van der Waals surface area contributed by atoms with Crippen LogP contribution >= 0.6 is 0 Å². The van der Waals surface area contributed by atoms with Gasteiger partial charge in [0.05, 0.1) is 13.4 Å². The molecule has 0 aliphatic rings. The van der Waals surface area contributed by atoms with Crippen molar-refractivity contribution in [1.82, 2.24) is 20.6 Å². The van der Waals surface area contributed by atoms with Crippen molar-refractivity contribution in [3.05, 3.63) is 18.2 Å². The number of methoxy groups -OCH3 is 1. The van der Waals surface area contributed by atoms with Crippen LogP contribution in [0.2, 0.25) is 0 Å². The van der Waals surface area contributed by atoms with Gasteiger partial charge in [-0.1, -0.05) is 0 Å². The maximum atomic E-state index is 11.7. The molecule has 8 heteroatoms. The number of amides is 2. The van der Waals surface area contributed by atoms with E-state index in [-0.39, 0.29) is 13.0 Å². The fourth-order valence-corrected chi connectivity index (χ4v) is 1.28. The molecule has 2 amide bonds. The van der Waals surface area contributed by atoms with Crippen molar-refractivity contribution in [1.29, 1.82) is 0 Å². The van der Waals surface area contributed by atoms with Gasteiger partial charge in [-0.15, -0.1) is 0 Å². The largest absolute Gasteiger partial charge is 0.468 e. The van der Waals surface area contributed by atoms with Crippen molar-refractivity contribution < 1.29 is 19.1 Å².